The summed E-state index contributed by atoms with van der Waals surface area (Å²) < 4.78 is 5.38. The Morgan fingerprint density at radius 3 is 2.17 bits per heavy atom. The first-order valence-corrected chi connectivity index (χ1v) is 8.53. The molecule has 0 aromatic carbocycles. The van der Waals surface area contributed by atoms with Crippen LogP contribution in [0, 0.1) is 5.41 Å². The van der Waals surface area contributed by atoms with E-state index in [2.05, 4.69) is 0 Å². The fourth-order valence-electron chi connectivity index (χ4n) is 3.94. The molecule has 1 heterocycles. The number of hydrogen-bond donors (Lipinski definition) is 2. The molecule has 2 aliphatic rings. The van der Waals surface area contributed by atoms with Crippen LogP contribution in [0.5, 0.6) is 0 Å². The average molecular weight is 327 g/mol. The molecule has 6 nitrogen and oxygen atoms in total. The number of nitrogens with zero attached hydrogens (tertiary/aromatic N) is 1. The van der Waals surface area contributed by atoms with Gasteiger partial charge in [-0.25, -0.2) is 4.79 Å². The van der Waals surface area contributed by atoms with Crippen molar-refractivity contribution in [1.29, 1.82) is 0 Å². The number of aliphatic carboxylic acids is 1. The van der Waals surface area contributed by atoms with Crippen LogP contribution in [-0.4, -0.2) is 51.5 Å². The van der Waals surface area contributed by atoms with E-state index >= 15 is 0 Å². The summed E-state index contributed by atoms with van der Waals surface area (Å²) in [5, 5.41) is 21.0. The molecule has 0 aromatic heterocycles. The Balaban J connectivity index is 2.20. The number of amides is 1. The third-order valence-corrected chi connectivity index (χ3v) is 5.13. The van der Waals surface area contributed by atoms with Gasteiger partial charge in [0.2, 0.25) is 0 Å². The summed E-state index contributed by atoms with van der Waals surface area (Å²) in [5.74, 6) is -0.939. The van der Waals surface area contributed by atoms with Crippen molar-refractivity contribution in [1.82, 2.24) is 4.90 Å². The van der Waals surface area contributed by atoms with Crippen LogP contribution in [0.3, 0.4) is 0 Å². The van der Waals surface area contributed by atoms with Crippen LogP contribution in [-0.2, 0) is 9.53 Å². The van der Waals surface area contributed by atoms with Gasteiger partial charge in [-0.05, 0) is 46.5 Å². The standard InChI is InChI=1S/C17H29NO5/c1-15(2,3)23-14(21)18-11-7-10-17(22,12-18)16(13(19)20)8-5-4-6-9-16/h22H,4-12H2,1-3H3,(H,19,20). The third kappa shape index (κ3) is 3.62. The van der Waals surface area contributed by atoms with Crippen LogP contribution in [0.1, 0.15) is 65.7 Å². The van der Waals surface area contributed by atoms with Crippen molar-refractivity contribution in [3.05, 3.63) is 0 Å². The summed E-state index contributed by atoms with van der Waals surface area (Å²) in [7, 11) is 0. The van der Waals surface area contributed by atoms with E-state index in [1.165, 1.54) is 4.90 Å². The molecule has 2 rings (SSSR count). The number of likely N-dealkylation sites (tertiary alicyclic amines) is 1. The second kappa shape index (κ2) is 6.30. The molecule has 1 aliphatic carbocycles. The summed E-state index contributed by atoms with van der Waals surface area (Å²) in [4.78, 5) is 25.8. The minimum absolute atomic E-state index is 0.0359. The van der Waals surface area contributed by atoms with E-state index in [0.29, 0.717) is 32.2 Å². The molecule has 1 amide bonds. The van der Waals surface area contributed by atoms with Crippen LogP contribution in [0.4, 0.5) is 4.79 Å². The van der Waals surface area contributed by atoms with Crippen LogP contribution in [0.15, 0.2) is 0 Å². The van der Waals surface area contributed by atoms with Gasteiger partial charge in [0.15, 0.2) is 0 Å². The van der Waals surface area contributed by atoms with Crippen molar-refractivity contribution in [2.45, 2.75) is 76.9 Å². The first-order valence-electron chi connectivity index (χ1n) is 8.53. The lowest BCUT2D eigenvalue weighted by Crippen LogP contribution is -2.63. The highest BCUT2D eigenvalue weighted by molar-refractivity contribution is 5.77. The number of aliphatic hydroxyl groups is 1. The number of piperidine rings is 1. The minimum atomic E-state index is -1.38. The smallest absolute Gasteiger partial charge is 0.410 e. The number of carboxylic acid groups (broad SMARTS) is 1. The van der Waals surface area contributed by atoms with Crippen molar-refractivity contribution in [3.63, 3.8) is 0 Å². The first kappa shape index (κ1) is 18.0. The van der Waals surface area contributed by atoms with Gasteiger partial charge < -0.3 is 19.8 Å². The summed E-state index contributed by atoms with van der Waals surface area (Å²) in [5.41, 5.74) is -3.14. The molecule has 132 valence electrons. The van der Waals surface area contributed by atoms with E-state index in [4.69, 9.17) is 4.74 Å². The Bertz CT molecular complexity index is 464. The maximum absolute atomic E-state index is 12.3. The summed E-state index contributed by atoms with van der Waals surface area (Å²) in [6.45, 7) is 5.91. The maximum atomic E-state index is 12.3. The molecule has 2 N–H and O–H groups in total. The summed E-state index contributed by atoms with van der Waals surface area (Å²) in [6, 6.07) is 0. The molecule has 1 aliphatic heterocycles. The molecule has 1 saturated heterocycles. The largest absolute Gasteiger partial charge is 0.481 e. The van der Waals surface area contributed by atoms with Gasteiger partial charge in [0.25, 0.3) is 0 Å². The number of β-amino-alcohol motifs (C(OH)–C–C–N with tert-alkyl or cyclic N) is 1. The molecule has 1 atom stereocenters. The Labute approximate surface area is 137 Å². The van der Waals surface area contributed by atoms with Gasteiger partial charge >= 0.3 is 12.1 Å². The molecule has 2 fully saturated rings. The maximum Gasteiger partial charge on any atom is 0.410 e. The average Bonchev–Trinajstić information content (AvgIpc) is 2.46. The normalized spacial score (nSPS) is 28.3. The van der Waals surface area contributed by atoms with Crippen molar-refractivity contribution in [3.8, 4) is 0 Å². The number of ether oxygens (including phenoxy) is 1. The van der Waals surface area contributed by atoms with Gasteiger partial charge in [0.1, 0.15) is 5.60 Å². The Hall–Kier alpha value is -1.30. The van der Waals surface area contributed by atoms with Gasteiger partial charge in [0.05, 0.1) is 17.6 Å². The first-order chi connectivity index (χ1) is 10.6. The van der Waals surface area contributed by atoms with Crippen LogP contribution in [0.2, 0.25) is 0 Å². The van der Waals surface area contributed by atoms with E-state index < -0.39 is 28.7 Å². The van der Waals surface area contributed by atoms with Crippen LogP contribution in [0.25, 0.3) is 0 Å². The topological polar surface area (TPSA) is 87.1 Å². The molecule has 1 unspecified atom stereocenters. The Morgan fingerprint density at radius 2 is 1.65 bits per heavy atom. The molecular formula is C17H29NO5. The van der Waals surface area contributed by atoms with Gasteiger partial charge in [-0.1, -0.05) is 19.3 Å². The molecule has 1 saturated carbocycles. The molecule has 23 heavy (non-hydrogen) atoms. The fourth-order valence-corrected chi connectivity index (χ4v) is 3.94. The number of carboxylic acids is 1. The predicted octanol–water partition coefficient (Wildman–Crippen LogP) is 2.78. The third-order valence-electron chi connectivity index (χ3n) is 5.13. The SMILES string of the molecule is CC(C)(C)OC(=O)N1CCCC(O)(C2(C(=O)O)CCCCC2)C1. The molecule has 6 heteroatoms. The van der Waals surface area contributed by atoms with Crippen molar-refractivity contribution in [2.24, 2.45) is 5.41 Å². The predicted molar refractivity (Wildman–Crippen MR) is 85.1 cm³/mol. The summed E-state index contributed by atoms with van der Waals surface area (Å²) >= 11 is 0. The van der Waals surface area contributed by atoms with Crippen molar-refractivity contribution in [2.75, 3.05) is 13.1 Å². The van der Waals surface area contributed by atoms with Gasteiger partial charge in [-0.15, -0.1) is 0 Å². The number of carbonyl (C=O) groups excluding carboxylic acids is 1. The number of hydrogen-bond acceptors (Lipinski definition) is 4. The quantitative estimate of drug-likeness (QED) is 0.814. The molecule has 0 spiro atoms. The highest BCUT2D eigenvalue weighted by atomic mass is 16.6. The fraction of sp³-hybridized carbons (Fsp3) is 0.882. The van der Waals surface area contributed by atoms with E-state index in [9.17, 15) is 19.8 Å². The lowest BCUT2D eigenvalue weighted by atomic mass is 9.60. The van der Waals surface area contributed by atoms with Crippen LogP contribution < -0.4 is 0 Å². The number of carbonyl (C=O) groups is 2. The zero-order valence-corrected chi connectivity index (χ0v) is 14.4. The van der Waals surface area contributed by atoms with Gasteiger partial charge in [0, 0.05) is 6.54 Å². The van der Waals surface area contributed by atoms with Crippen molar-refractivity contribution >= 4 is 12.1 Å². The van der Waals surface area contributed by atoms with Crippen LogP contribution >= 0.6 is 0 Å². The highest BCUT2D eigenvalue weighted by Gasteiger charge is 2.57. The number of rotatable bonds is 2. The molecule has 0 bridgehead atoms. The van der Waals surface area contributed by atoms with E-state index in [0.717, 1.165) is 19.3 Å². The molecule has 0 radical (unpaired) electrons. The van der Waals surface area contributed by atoms with Gasteiger partial charge in [-0.3, -0.25) is 4.79 Å². The van der Waals surface area contributed by atoms with Gasteiger partial charge in [-0.2, -0.15) is 0 Å². The lowest BCUT2D eigenvalue weighted by Gasteiger charge is -2.50. The monoisotopic (exact) mass is 327 g/mol. The second-order valence-corrected chi connectivity index (χ2v) is 7.98. The van der Waals surface area contributed by atoms with Crippen molar-refractivity contribution < 1.29 is 24.5 Å². The van der Waals surface area contributed by atoms with E-state index in [1.54, 1.807) is 20.8 Å². The second-order valence-electron chi connectivity index (χ2n) is 7.98. The van der Waals surface area contributed by atoms with E-state index in [1.807, 2.05) is 0 Å². The Morgan fingerprint density at radius 1 is 1.04 bits per heavy atom. The Kier molecular flexibility index (Phi) is 4.95. The summed E-state index contributed by atoms with van der Waals surface area (Å²) in [6.07, 6.45) is 4.08. The van der Waals surface area contributed by atoms with E-state index in [-0.39, 0.29) is 6.54 Å². The molecule has 0 aromatic rings. The lowest BCUT2D eigenvalue weighted by molar-refractivity contribution is -0.184. The minimum Gasteiger partial charge on any atom is -0.481 e. The zero-order valence-electron chi connectivity index (χ0n) is 14.4. The molecular weight excluding hydrogens is 298 g/mol. The zero-order chi connectivity index (χ0) is 17.3. The highest BCUT2D eigenvalue weighted by Crippen LogP contribution is 2.49.